The summed E-state index contributed by atoms with van der Waals surface area (Å²) in [7, 11) is 0. The summed E-state index contributed by atoms with van der Waals surface area (Å²) in [6.07, 6.45) is 2.64. The molecule has 0 aromatic heterocycles. The lowest BCUT2D eigenvalue weighted by Gasteiger charge is -2.58. The molecular weight excluding hydrogens is 576 g/mol. The van der Waals surface area contributed by atoms with Gasteiger partial charge in [-0.3, -0.25) is 19.2 Å². The van der Waals surface area contributed by atoms with Crippen molar-refractivity contribution in [1.82, 2.24) is 10.6 Å². The van der Waals surface area contributed by atoms with Gasteiger partial charge in [-0.05, 0) is 57.7 Å². The average molecular weight is 615 g/mol. The van der Waals surface area contributed by atoms with Gasteiger partial charge >= 0.3 is 11.9 Å². The van der Waals surface area contributed by atoms with Crippen molar-refractivity contribution in [2.24, 2.45) is 11.8 Å². The molecule has 232 valence electrons. The first-order valence-corrected chi connectivity index (χ1v) is 15.4. The lowest BCUT2D eigenvalue weighted by atomic mass is 9.61. The number of carbonyl (C=O) groups is 5. The molecule has 0 aliphatic carbocycles. The molecule has 43 heavy (non-hydrogen) atoms. The van der Waals surface area contributed by atoms with Crippen molar-refractivity contribution in [3.8, 4) is 5.75 Å². The number of rotatable bonds is 6. The first-order valence-electron chi connectivity index (χ1n) is 14.2. The third kappa shape index (κ3) is 6.50. The predicted molar refractivity (Wildman–Crippen MR) is 158 cm³/mol. The van der Waals surface area contributed by atoms with Crippen molar-refractivity contribution in [2.45, 2.75) is 75.7 Å². The van der Waals surface area contributed by atoms with E-state index >= 15 is 0 Å². The van der Waals surface area contributed by atoms with Crippen LogP contribution >= 0.6 is 11.8 Å². The van der Waals surface area contributed by atoms with E-state index in [4.69, 9.17) is 14.2 Å². The minimum atomic E-state index is -1.89. The molecular formula is C31H38N2O9S. The van der Waals surface area contributed by atoms with Crippen molar-refractivity contribution in [2.75, 3.05) is 12.9 Å². The Hall–Kier alpha value is -3.64. The van der Waals surface area contributed by atoms with E-state index in [0.717, 1.165) is 17.3 Å². The number of aliphatic hydroxyl groups excluding tert-OH is 1. The van der Waals surface area contributed by atoms with Crippen LogP contribution in [0.15, 0.2) is 48.1 Å². The summed E-state index contributed by atoms with van der Waals surface area (Å²) < 4.78 is 16.8. The maximum Gasteiger partial charge on any atom is 0.330 e. The van der Waals surface area contributed by atoms with Gasteiger partial charge in [-0.15, -0.1) is 11.8 Å². The van der Waals surface area contributed by atoms with E-state index in [0.29, 0.717) is 17.9 Å². The second-order valence-electron chi connectivity index (χ2n) is 11.5. The van der Waals surface area contributed by atoms with Gasteiger partial charge in [0.2, 0.25) is 5.91 Å². The number of Topliss-reactive ketones (excluding diaryl/α,β-unsaturated/α-hetero) is 1. The minimum Gasteiger partial charge on any atom is -0.490 e. The molecule has 7 atom stereocenters. The minimum absolute atomic E-state index is 0.134. The highest BCUT2D eigenvalue weighted by Crippen LogP contribution is 2.50. The molecule has 4 aliphatic heterocycles. The number of amides is 2. The van der Waals surface area contributed by atoms with Crippen molar-refractivity contribution in [3.05, 3.63) is 53.6 Å². The normalized spacial score (nSPS) is 33.6. The van der Waals surface area contributed by atoms with Gasteiger partial charge in [0, 0.05) is 25.3 Å². The number of allylic oxidation sites excluding steroid dienone is 1. The number of ether oxygens (including phenoxy) is 3. The van der Waals surface area contributed by atoms with E-state index in [2.05, 4.69) is 10.6 Å². The van der Waals surface area contributed by atoms with Crippen LogP contribution in [0.3, 0.4) is 0 Å². The smallest absolute Gasteiger partial charge is 0.330 e. The zero-order valence-electron chi connectivity index (χ0n) is 24.9. The fourth-order valence-corrected chi connectivity index (χ4v) is 6.72. The molecule has 5 rings (SSSR count). The number of fused-ring (bicyclic) bond motifs is 2. The van der Waals surface area contributed by atoms with Crippen LogP contribution in [0.4, 0.5) is 0 Å². The Bertz CT molecular complexity index is 1340. The Morgan fingerprint density at radius 1 is 1.02 bits per heavy atom. The molecule has 4 heterocycles. The predicted octanol–water partition coefficient (Wildman–Crippen LogP) is 2.01. The highest BCUT2D eigenvalue weighted by atomic mass is 32.2. The fourth-order valence-electron chi connectivity index (χ4n) is 5.78. The Morgan fingerprint density at radius 2 is 1.72 bits per heavy atom. The van der Waals surface area contributed by atoms with E-state index in [1.165, 1.54) is 25.3 Å². The molecule has 2 bridgehead atoms. The molecule has 1 aromatic rings. The van der Waals surface area contributed by atoms with Gasteiger partial charge in [-0.2, -0.15) is 0 Å². The second kappa shape index (κ2) is 12.9. The standard InChI is InChI=1S/C31H38N2O9S/c1-17(2)13-14-40-21-11-9-20(10-12-21)16-30-25-24(31(43-5,29(39)32-30)33-28(30)38)26(36)22(34)15-19(4)41-23(35)8-6-7-18(3)42-27(25)37/h6,8-13,18-19,22,24-25,34H,7,14-16H2,1-5H3,(H,32,39)(H,33,38)/b8-6+/t18-,19-,22-,24-,25-,30+,31-/m1/s1. The molecule has 11 nitrogen and oxygen atoms in total. The quantitative estimate of drug-likeness (QED) is 0.320. The number of nitrogens with one attached hydrogen (secondary N) is 2. The molecule has 2 amide bonds. The third-order valence-electron chi connectivity index (χ3n) is 7.95. The fraction of sp³-hybridized carbons (Fsp3) is 0.516. The Balaban J connectivity index is 1.78. The molecule has 0 radical (unpaired) electrons. The van der Waals surface area contributed by atoms with Crippen molar-refractivity contribution in [1.29, 1.82) is 0 Å². The van der Waals surface area contributed by atoms with Gasteiger partial charge in [0.25, 0.3) is 5.91 Å². The van der Waals surface area contributed by atoms with Crippen LogP contribution in [-0.4, -0.2) is 76.2 Å². The van der Waals surface area contributed by atoms with E-state index < -0.39 is 70.1 Å². The number of hydrogen-bond acceptors (Lipinski definition) is 10. The maximum absolute atomic E-state index is 14.0. The van der Waals surface area contributed by atoms with E-state index in [1.807, 2.05) is 19.9 Å². The number of esters is 2. The van der Waals surface area contributed by atoms with Crippen molar-refractivity contribution < 1.29 is 43.3 Å². The number of ketones is 1. The lowest BCUT2D eigenvalue weighted by molar-refractivity contribution is -0.179. The molecule has 12 heteroatoms. The summed E-state index contributed by atoms with van der Waals surface area (Å²) in [6, 6.07) is 6.89. The molecule has 1 aromatic carbocycles. The number of piperazine rings is 1. The topological polar surface area (TPSA) is 157 Å². The lowest BCUT2D eigenvalue weighted by Crippen LogP contribution is -2.87. The monoisotopic (exact) mass is 614 g/mol. The molecule has 3 N–H and O–H groups in total. The van der Waals surface area contributed by atoms with Crippen LogP contribution in [0, 0.1) is 11.8 Å². The van der Waals surface area contributed by atoms with Crippen molar-refractivity contribution in [3.63, 3.8) is 0 Å². The third-order valence-corrected chi connectivity index (χ3v) is 9.14. The highest BCUT2D eigenvalue weighted by molar-refractivity contribution is 8.00. The van der Waals surface area contributed by atoms with Gasteiger partial charge < -0.3 is 30.0 Å². The summed E-state index contributed by atoms with van der Waals surface area (Å²) in [5.41, 5.74) is -0.182. The van der Waals surface area contributed by atoms with Gasteiger partial charge in [-0.1, -0.05) is 23.8 Å². The number of benzene rings is 1. The van der Waals surface area contributed by atoms with Crippen LogP contribution in [0.2, 0.25) is 0 Å². The summed E-state index contributed by atoms with van der Waals surface area (Å²) >= 11 is 0.898. The summed E-state index contributed by atoms with van der Waals surface area (Å²) in [6.45, 7) is 7.45. The van der Waals surface area contributed by atoms with Crippen LogP contribution in [-0.2, 0) is 39.9 Å². The Labute approximate surface area is 254 Å². The number of carbonyl (C=O) groups excluding carboxylic acids is 5. The largest absolute Gasteiger partial charge is 0.490 e. The summed E-state index contributed by atoms with van der Waals surface area (Å²) in [4.78, 5) is 65.9. The molecule has 4 aliphatic rings. The number of thioether (sulfide) groups is 1. The van der Waals surface area contributed by atoms with E-state index in [1.54, 1.807) is 31.2 Å². The van der Waals surface area contributed by atoms with Gasteiger partial charge in [0.15, 0.2) is 10.7 Å². The average Bonchev–Trinajstić information content (AvgIpc) is 2.93. The SMILES string of the molecule is CS[C@@]12NC(=O)[C@@](Cc3ccc(OCC=C(C)C)cc3)(NC1=O)[C@H]1C(=O)O[C@H](C)C/C=C/C(=O)O[C@H](C)C[C@@H](O)C(=O)[C@@H]12. The van der Waals surface area contributed by atoms with Crippen LogP contribution < -0.4 is 15.4 Å². The Morgan fingerprint density at radius 3 is 2.37 bits per heavy atom. The molecule has 0 saturated carbocycles. The maximum atomic E-state index is 14.0. The molecule has 0 spiro atoms. The van der Waals surface area contributed by atoms with Crippen LogP contribution in [0.25, 0.3) is 0 Å². The first-order chi connectivity index (χ1) is 20.3. The highest BCUT2D eigenvalue weighted by Gasteiger charge is 2.73. The first kappa shape index (κ1) is 32.3. The molecule has 0 unspecified atom stereocenters. The number of piperidine rings is 2. The van der Waals surface area contributed by atoms with Crippen LogP contribution in [0.5, 0.6) is 5.75 Å². The zero-order chi connectivity index (χ0) is 31.5. The molecule has 3 fully saturated rings. The van der Waals surface area contributed by atoms with E-state index in [9.17, 15) is 29.1 Å². The van der Waals surface area contributed by atoms with Crippen LogP contribution in [0.1, 0.15) is 46.1 Å². The Kier molecular flexibility index (Phi) is 9.70. The zero-order valence-corrected chi connectivity index (χ0v) is 25.7. The summed E-state index contributed by atoms with van der Waals surface area (Å²) in [5.74, 6) is -6.01. The van der Waals surface area contributed by atoms with Gasteiger partial charge in [0.05, 0.1) is 5.92 Å². The number of aliphatic hydroxyl groups is 1. The van der Waals surface area contributed by atoms with Gasteiger partial charge in [0.1, 0.15) is 42.1 Å². The summed E-state index contributed by atoms with van der Waals surface area (Å²) in [5, 5.41) is 16.5. The number of hydrogen-bond donors (Lipinski definition) is 3. The molecule has 3 saturated heterocycles. The van der Waals surface area contributed by atoms with Crippen molar-refractivity contribution >= 4 is 41.3 Å². The second-order valence-corrected chi connectivity index (χ2v) is 12.5. The van der Waals surface area contributed by atoms with E-state index in [-0.39, 0.29) is 19.3 Å². The van der Waals surface area contributed by atoms with Gasteiger partial charge in [-0.25, -0.2) is 4.79 Å². The number of cyclic esters (lactones) is 2.